The maximum absolute atomic E-state index is 11.9. The number of hydrogen-bond donors (Lipinski definition) is 2. The Bertz CT molecular complexity index is 489. The number of carbonyl (C=O) groups is 1. The predicted molar refractivity (Wildman–Crippen MR) is 78.7 cm³/mol. The van der Waals surface area contributed by atoms with Crippen molar-refractivity contribution in [3.63, 3.8) is 0 Å². The SMILES string of the molecule is N#CCN1CCC(NC(=O)Nc2ccc(Cl)cc2)CC1. The zero-order chi connectivity index (χ0) is 14.4. The predicted octanol–water partition coefficient (Wildman–Crippen LogP) is 2.45. The molecule has 5 nitrogen and oxygen atoms in total. The first-order valence-electron chi connectivity index (χ1n) is 6.60. The average Bonchev–Trinajstić information content (AvgIpc) is 2.44. The number of amides is 2. The molecule has 2 amide bonds. The molecule has 1 aromatic rings. The van der Waals surface area contributed by atoms with E-state index in [2.05, 4.69) is 21.6 Å². The van der Waals surface area contributed by atoms with E-state index in [1.165, 1.54) is 0 Å². The number of urea groups is 1. The fourth-order valence-corrected chi connectivity index (χ4v) is 2.35. The average molecular weight is 293 g/mol. The molecule has 0 aliphatic carbocycles. The number of halogens is 1. The van der Waals surface area contributed by atoms with Crippen molar-refractivity contribution in [1.82, 2.24) is 10.2 Å². The second-order valence-corrected chi connectivity index (χ2v) is 5.25. The summed E-state index contributed by atoms with van der Waals surface area (Å²) in [4.78, 5) is 13.9. The minimum atomic E-state index is -0.203. The van der Waals surface area contributed by atoms with Crippen LogP contribution in [0.1, 0.15) is 12.8 Å². The summed E-state index contributed by atoms with van der Waals surface area (Å²) in [5.74, 6) is 0. The molecule has 1 fully saturated rings. The Morgan fingerprint density at radius 2 is 2.00 bits per heavy atom. The van der Waals surface area contributed by atoms with E-state index >= 15 is 0 Å². The van der Waals surface area contributed by atoms with Gasteiger partial charge in [-0.3, -0.25) is 4.90 Å². The Kier molecular flexibility index (Phi) is 5.22. The molecule has 6 heteroatoms. The number of rotatable bonds is 3. The molecule has 2 N–H and O–H groups in total. The van der Waals surface area contributed by atoms with E-state index in [1.807, 2.05) is 0 Å². The van der Waals surface area contributed by atoms with Crippen LogP contribution in [-0.2, 0) is 0 Å². The molecule has 0 spiro atoms. The number of nitriles is 1. The minimum Gasteiger partial charge on any atom is -0.335 e. The lowest BCUT2D eigenvalue weighted by molar-refractivity contribution is 0.211. The Morgan fingerprint density at radius 3 is 2.60 bits per heavy atom. The van der Waals surface area contributed by atoms with Crippen molar-refractivity contribution in [2.45, 2.75) is 18.9 Å². The van der Waals surface area contributed by atoms with Crippen LogP contribution in [0.15, 0.2) is 24.3 Å². The van der Waals surface area contributed by atoms with Crippen LogP contribution in [0.2, 0.25) is 5.02 Å². The number of hydrogen-bond acceptors (Lipinski definition) is 3. The maximum Gasteiger partial charge on any atom is 0.319 e. The molecule has 0 radical (unpaired) electrons. The molecule has 20 heavy (non-hydrogen) atoms. The first-order valence-corrected chi connectivity index (χ1v) is 6.97. The van der Waals surface area contributed by atoms with E-state index in [1.54, 1.807) is 24.3 Å². The zero-order valence-corrected chi connectivity index (χ0v) is 11.9. The second kappa shape index (κ2) is 7.13. The van der Waals surface area contributed by atoms with Gasteiger partial charge < -0.3 is 10.6 Å². The number of nitrogens with one attached hydrogen (secondary N) is 2. The van der Waals surface area contributed by atoms with Gasteiger partial charge in [0, 0.05) is 29.8 Å². The third-order valence-electron chi connectivity index (χ3n) is 3.32. The van der Waals surface area contributed by atoms with E-state index in [0.717, 1.165) is 25.9 Å². The van der Waals surface area contributed by atoms with Crippen LogP contribution in [0.5, 0.6) is 0 Å². The molecule has 2 rings (SSSR count). The van der Waals surface area contributed by atoms with Gasteiger partial charge in [-0.25, -0.2) is 4.79 Å². The van der Waals surface area contributed by atoms with Crippen molar-refractivity contribution in [2.24, 2.45) is 0 Å². The molecule has 1 aliphatic heterocycles. The van der Waals surface area contributed by atoms with Gasteiger partial charge in [0.1, 0.15) is 0 Å². The highest BCUT2D eigenvalue weighted by molar-refractivity contribution is 6.30. The van der Waals surface area contributed by atoms with Gasteiger partial charge in [-0.2, -0.15) is 5.26 Å². The number of piperidine rings is 1. The normalized spacial score (nSPS) is 16.4. The number of anilines is 1. The van der Waals surface area contributed by atoms with Crippen LogP contribution in [0.25, 0.3) is 0 Å². The molecule has 106 valence electrons. The van der Waals surface area contributed by atoms with Gasteiger partial charge in [0.2, 0.25) is 0 Å². The molecule has 0 atom stereocenters. The van der Waals surface area contributed by atoms with Crippen molar-refractivity contribution in [2.75, 3.05) is 25.0 Å². The quantitative estimate of drug-likeness (QED) is 0.841. The van der Waals surface area contributed by atoms with Gasteiger partial charge >= 0.3 is 6.03 Å². The largest absolute Gasteiger partial charge is 0.335 e. The molecule has 1 heterocycles. The van der Waals surface area contributed by atoms with Crippen LogP contribution >= 0.6 is 11.6 Å². The first kappa shape index (κ1) is 14.6. The zero-order valence-electron chi connectivity index (χ0n) is 11.1. The smallest absolute Gasteiger partial charge is 0.319 e. The van der Waals surface area contributed by atoms with E-state index < -0.39 is 0 Å². The van der Waals surface area contributed by atoms with Gasteiger partial charge in [0.05, 0.1) is 12.6 Å². The number of benzene rings is 1. The molecule has 1 saturated heterocycles. The van der Waals surface area contributed by atoms with Crippen molar-refractivity contribution in [1.29, 1.82) is 5.26 Å². The Morgan fingerprint density at radius 1 is 1.35 bits per heavy atom. The second-order valence-electron chi connectivity index (χ2n) is 4.81. The molecular formula is C14H17ClN4O. The molecule has 1 aliphatic rings. The van der Waals surface area contributed by atoms with Gasteiger partial charge in [-0.05, 0) is 37.1 Å². The number of nitrogens with zero attached hydrogens (tertiary/aromatic N) is 2. The van der Waals surface area contributed by atoms with E-state index in [-0.39, 0.29) is 12.1 Å². The first-order chi connectivity index (χ1) is 9.67. The fourth-order valence-electron chi connectivity index (χ4n) is 2.22. The van der Waals surface area contributed by atoms with Crippen molar-refractivity contribution >= 4 is 23.3 Å². The van der Waals surface area contributed by atoms with Crippen molar-refractivity contribution in [3.05, 3.63) is 29.3 Å². The number of likely N-dealkylation sites (tertiary alicyclic amines) is 1. The summed E-state index contributed by atoms with van der Waals surface area (Å²) in [6.07, 6.45) is 1.74. The van der Waals surface area contributed by atoms with E-state index in [0.29, 0.717) is 17.3 Å². The van der Waals surface area contributed by atoms with Crippen molar-refractivity contribution in [3.8, 4) is 6.07 Å². The van der Waals surface area contributed by atoms with Gasteiger partial charge in [-0.15, -0.1) is 0 Å². The molecule has 0 unspecified atom stereocenters. The van der Waals surface area contributed by atoms with Crippen LogP contribution in [0.4, 0.5) is 10.5 Å². The lowest BCUT2D eigenvalue weighted by Crippen LogP contribution is -2.46. The number of carbonyl (C=O) groups excluding carboxylic acids is 1. The maximum atomic E-state index is 11.9. The Hall–Kier alpha value is -1.77. The highest BCUT2D eigenvalue weighted by atomic mass is 35.5. The lowest BCUT2D eigenvalue weighted by Gasteiger charge is -2.30. The third kappa shape index (κ3) is 4.41. The third-order valence-corrected chi connectivity index (χ3v) is 3.57. The minimum absolute atomic E-state index is 0.164. The van der Waals surface area contributed by atoms with Crippen LogP contribution < -0.4 is 10.6 Å². The van der Waals surface area contributed by atoms with Gasteiger partial charge in [0.25, 0.3) is 0 Å². The summed E-state index contributed by atoms with van der Waals surface area (Å²) in [5, 5.41) is 15.0. The van der Waals surface area contributed by atoms with Gasteiger partial charge in [-0.1, -0.05) is 11.6 Å². The fraction of sp³-hybridized carbons (Fsp3) is 0.429. The summed E-state index contributed by atoms with van der Waals surface area (Å²) in [5.41, 5.74) is 0.716. The highest BCUT2D eigenvalue weighted by Crippen LogP contribution is 2.14. The summed E-state index contributed by atoms with van der Waals surface area (Å²) >= 11 is 5.79. The highest BCUT2D eigenvalue weighted by Gasteiger charge is 2.20. The molecule has 1 aromatic carbocycles. The standard InChI is InChI=1S/C14H17ClN4O/c15-11-1-3-12(4-2-11)17-14(20)18-13-5-8-19(9-6-13)10-7-16/h1-4,13H,5-6,8-10H2,(H2,17,18,20). The summed E-state index contributed by atoms with van der Waals surface area (Å²) < 4.78 is 0. The molecular weight excluding hydrogens is 276 g/mol. The van der Waals surface area contributed by atoms with E-state index in [4.69, 9.17) is 16.9 Å². The van der Waals surface area contributed by atoms with Crippen LogP contribution in [-0.4, -0.2) is 36.6 Å². The summed E-state index contributed by atoms with van der Waals surface area (Å²) in [6.45, 7) is 2.16. The monoisotopic (exact) mass is 292 g/mol. The molecule has 0 bridgehead atoms. The van der Waals surface area contributed by atoms with Crippen LogP contribution in [0.3, 0.4) is 0 Å². The Labute approximate surface area is 123 Å². The van der Waals surface area contributed by atoms with Crippen LogP contribution in [0, 0.1) is 11.3 Å². The molecule has 0 saturated carbocycles. The molecule has 0 aromatic heterocycles. The van der Waals surface area contributed by atoms with E-state index in [9.17, 15) is 4.79 Å². The summed E-state index contributed by atoms with van der Waals surface area (Å²) in [7, 11) is 0. The van der Waals surface area contributed by atoms with Crippen molar-refractivity contribution < 1.29 is 4.79 Å². The lowest BCUT2D eigenvalue weighted by atomic mass is 10.1. The summed E-state index contributed by atoms with van der Waals surface area (Å²) in [6, 6.07) is 9.10. The topological polar surface area (TPSA) is 68.2 Å². The Balaban J connectivity index is 1.75. The van der Waals surface area contributed by atoms with Gasteiger partial charge in [0.15, 0.2) is 0 Å².